The summed E-state index contributed by atoms with van der Waals surface area (Å²) >= 11 is 6.53. The summed E-state index contributed by atoms with van der Waals surface area (Å²) < 4.78 is 19.1. The summed E-state index contributed by atoms with van der Waals surface area (Å²) in [5.41, 5.74) is 0.219. The van der Waals surface area contributed by atoms with Gasteiger partial charge in [0.1, 0.15) is 11.4 Å². The second-order valence-corrected chi connectivity index (χ2v) is 8.32. The van der Waals surface area contributed by atoms with Gasteiger partial charge in [0.05, 0.1) is 9.43 Å². The van der Waals surface area contributed by atoms with Gasteiger partial charge in [0.25, 0.3) is 0 Å². The van der Waals surface area contributed by atoms with E-state index in [0.29, 0.717) is 9.81 Å². The predicted molar refractivity (Wildman–Crippen MR) is 89.2 cm³/mol. The highest BCUT2D eigenvalue weighted by atomic mass is 79.9. The summed E-state index contributed by atoms with van der Waals surface area (Å²) in [6.07, 6.45) is 1.72. The zero-order valence-corrected chi connectivity index (χ0v) is 15.3. The number of halogens is 3. The molecule has 0 unspecified atom stereocenters. The van der Waals surface area contributed by atoms with E-state index in [1.165, 1.54) is 12.1 Å². The van der Waals surface area contributed by atoms with Crippen LogP contribution in [0.4, 0.5) is 9.18 Å². The number of benzene rings is 1. The third-order valence-electron chi connectivity index (χ3n) is 2.37. The van der Waals surface area contributed by atoms with Crippen molar-refractivity contribution >= 4 is 38.0 Å². The average Bonchev–Trinajstić information content (AvgIpc) is 2.24. The van der Waals surface area contributed by atoms with Crippen LogP contribution in [0.15, 0.2) is 33.7 Å². The van der Waals surface area contributed by atoms with Crippen LogP contribution in [0.5, 0.6) is 0 Å². The first kappa shape index (κ1) is 18.2. The van der Waals surface area contributed by atoms with Crippen LogP contribution in [0.25, 0.3) is 0 Å². The number of alkyl carbamates (subject to hydrolysis) is 1. The molecular formula is C15H18Br2FNO2. The van der Waals surface area contributed by atoms with E-state index >= 15 is 0 Å². The maximum atomic E-state index is 13.2. The van der Waals surface area contributed by atoms with Gasteiger partial charge < -0.3 is 10.1 Å². The van der Waals surface area contributed by atoms with Crippen LogP contribution in [0.1, 0.15) is 26.3 Å². The first-order valence-corrected chi connectivity index (χ1v) is 8.01. The highest BCUT2D eigenvalue weighted by Gasteiger charge is 2.19. The summed E-state index contributed by atoms with van der Waals surface area (Å²) in [7, 11) is 0. The minimum Gasteiger partial charge on any atom is -0.444 e. The lowest BCUT2D eigenvalue weighted by Gasteiger charge is -2.22. The van der Waals surface area contributed by atoms with Gasteiger partial charge in [0, 0.05) is 0 Å². The van der Waals surface area contributed by atoms with Crippen molar-refractivity contribution in [2.24, 2.45) is 0 Å². The quantitative estimate of drug-likeness (QED) is 0.749. The van der Waals surface area contributed by atoms with Crippen LogP contribution in [0, 0.1) is 5.82 Å². The number of carbonyl (C=O) groups is 1. The molecule has 1 rings (SSSR count). The molecule has 1 amide bonds. The Hall–Kier alpha value is -0.880. The first-order chi connectivity index (χ1) is 9.65. The van der Waals surface area contributed by atoms with Gasteiger partial charge in [-0.15, -0.1) is 0 Å². The van der Waals surface area contributed by atoms with Gasteiger partial charge in [-0.1, -0.05) is 12.1 Å². The molecule has 0 saturated carbocycles. The lowest BCUT2D eigenvalue weighted by Crippen LogP contribution is -2.39. The second-order valence-electron chi connectivity index (χ2n) is 5.54. The van der Waals surface area contributed by atoms with Crippen molar-refractivity contribution in [3.05, 3.63) is 45.1 Å². The van der Waals surface area contributed by atoms with Crippen molar-refractivity contribution in [2.45, 2.75) is 38.8 Å². The Morgan fingerprint density at radius 2 is 2.10 bits per heavy atom. The molecule has 1 aromatic carbocycles. The molecule has 0 aliphatic heterocycles. The fourth-order valence-corrected chi connectivity index (χ4v) is 2.32. The zero-order valence-electron chi connectivity index (χ0n) is 12.1. The highest BCUT2D eigenvalue weighted by molar-refractivity contribution is 9.28. The number of carbonyl (C=O) groups excluding carboxylic acids is 1. The summed E-state index contributed by atoms with van der Waals surface area (Å²) in [5.74, 6) is -0.301. The summed E-state index contributed by atoms with van der Waals surface area (Å²) in [6, 6.07) is 5.95. The maximum absolute atomic E-state index is 13.2. The SMILES string of the molecule is CC(C)(C)OC(=O)N[C@H](C=C(Br)Br)Cc1cccc(F)c1. The van der Waals surface area contributed by atoms with Gasteiger partial charge in [0.2, 0.25) is 0 Å². The van der Waals surface area contributed by atoms with Crippen molar-refractivity contribution in [1.82, 2.24) is 5.32 Å². The summed E-state index contributed by atoms with van der Waals surface area (Å²) in [4.78, 5) is 11.8. The molecule has 0 aliphatic rings. The molecule has 0 bridgehead atoms. The molecule has 116 valence electrons. The third kappa shape index (κ3) is 8.21. The van der Waals surface area contributed by atoms with Crippen LogP contribution >= 0.6 is 31.9 Å². The Labute approximate surface area is 141 Å². The fraction of sp³-hybridized carbons (Fsp3) is 0.400. The molecule has 0 fully saturated rings. The number of nitrogens with one attached hydrogen (secondary N) is 1. The van der Waals surface area contributed by atoms with Crippen LogP contribution in [0.2, 0.25) is 0 Å². The summed E-state index contributed by atoms with van der Waals surface area (Å²) in [6.45, 7) is 5.39. The molecule has 1 N–H and O–H groups in total. The van der Waals surface area contributed by atoms with E-state index < -0.39 is 11.7 Å². The number of hydrogen-bond donors (Lipinski definition) is 1. The topological polar surface area (TPSA) is 38.3 Å². The van der Waals surface area contributed by atoms with Crippen LogP contribution < -0.4 is 5.32 Å². The van der Waals surface area contributed by atoms with E-state index in [1.807, 2.05) is 6.07 Å². The van der Waals surface area contributed by atoms with Crippen molar-refractivity contribution in [1.29, 1.82) is 0 Å². The maximum Gasteiger partial charge on any atom is 0.408 e. The lowest BCUT2D eigenvalue weighted by atomic mass is 10.1. The molecule has 1 aromatic rings. The Balaban J connectivity index is 2.77. The molecule has 21 heavy (non-hydrogen) atoms. The molecule has 6 heteroatoms. The molecule has 3 nitrogen and oxygen atoms in total. The summed E-state index contributed by atoms with van der Waals surface area (Å²) in [5, 5.41) is 2.75. The Morgan fingerprint density at radius 1 is 1.43 bits per heavy atom. The van der Waals surface area contributed by atoms with Crippen molar-refractivity contribution in [3.8, 4) is 0 Å². The van der Waals surface area contributed by atoms with E-state index in [0.717, 1.165) is 5.56 Å². The van der Waals surface area contributed by atoms with Crippen molar-refractivity contribution in [3.63, 3.8) is 0 Å². The first-order valence-electron chi connectivity index (χ1n) is 6.42. The van der Waals surface area contributed by atoms with Crippen LogP contribution in [0.3, 0.4) is 0 Å². The number of amides is 1. The molecule has 1 atom stereocenters. The second kappa shape index (κ2) is 7.94. The fourth-order valence-electron chi connectivity index (χ4n) is 1.68. The van der Waals surface area contributed by atoms with E-state index in [2.05, 4.69) is 37.2 Å². The Kier molecular flexibility index (Phi) is 6.87. The van der Waals surface area contributed by atoms with E-state index in [9.17, 15) is 9.18 Å². The van der Waals surface area contributed by atoms with E-state index in [1.54, 1.807) is 32.9 Å². The van der Waals surface area contributed by atoms with E-state index in [4.69, 9.17) is 4.74 Å². The molecule has 0 saturated heterocycles. The van der Waals surface area contributed by atoms with Gasteiger partial charge in [-0.3, -0.25) is 0 Å². The van der Waals surface area contributed by atoms with Crippen molar-refractivity contribution < 1.29 is 13.9 Å². The molecular weight excluding hydrogens is 405 g/mol. The minimum absolute atomic E-state index is 0.301. The van der Waals surface area contributed by atoms with Gasteiger partial charge >= 0.3 is 6.09 Å². The van der Waals surface area contributed by atoms with Gasteiger partial charge in [0.15, 0.2) is 0 Å². The molecule has 0 heterocycles. The number of rotatable bonds is 4. The van der Waals surface area contributed by atoms with Crippen molar-refractivity contribution in [2.75, 3.05) is 0 Å². The highest BCUT2D eigenvalue weighted by Crippen LogP contribution is 2.17. The van der Waals surface area contributed by atoms with E-state index in [-0.39, 0.29) is 11.9 Å². The monoisotopic (exact) mass is 421 g/mol. The molecule has 0 spiro atoms. The lowest BCUT2D eigenvalue weighted by molar-refractivity contribution is 0.0514. The standard InChI is InChI=1S/C15H18Br2FNO2/c1-15(2,3)21-14(20)19-12(9-13(16)17)8-10-5-4-6-11(18)7-10/h4-7,9,12H,8H2,1-3H3,(H,19,20)/t12-/m0/s1. The van der Waals surface area contributed by atoms with Crippen LogP contribution in [-0.2, 0) is 11.2 Å². The van der Waals surface area contributed by atoms with Gasteiger partial charge in [-0.2, -0.15) is 0 Å². The van der Waals surface area contributed by atoms with Gasteiger partial charge in [-0.05, 0) is 82.8 Å². The largest absolute Gasteiger partial charge is 0.444 e. The zero-order chi connectivity index (χ0) is 16.0. The number of hydrogen-bond acceptors (Lipinski definition) is 2. The average molecular weight is 423 g/mol. The smallest absolute Gasteiger partial charge is 0.408 e. The Bertz CT molecular complexity index is 523. The van der Waals surface area contributed by atoms with Crippen LogP contribution in [-0.4, -0.2) is 17.7 Å². The molecule has 0 radical (unpaired) electrons. The molecule has 0 aromatic heterocycles. The normalized spacial score (nSPS) is 12.5. The number of ether oxygens (including phenoxy) is 1. The molecule has 0 aliphatic carbocycles. The van der Waals surface area contributed by atoms with Gasteiger partial charge in [-0.25, -0.2) is 9.18 Å². The third-order valence-corrected chi connectivity index (χ3v) is 2.90. The minimum atomic E-state index is -0.567. The Morgan fingerprint density at radius 3 is 2.62 bits per heavy atom. The predicted octanol–water partition coefficient (Wildman–Crippen LogP) is 4.89.